The van der Waals surface area contributed by atoms with Gasteiger partial charge in [-0.3, -0.25) is 9.78 Å². The van der Waals surface area contributed by atoms with Crippen molar-refractivity contribution in [3.8, 4) is 5.75 Å². The predicted octanol–water partition coefficient (Wildman–Crippen LogP) is 3.25. The summed E-state index contributed by atoms with van der Waals surface area (Å²) >= 11 is 3.45. The first-order valence-electron chi connectivity index (χ1n) is 7.85. The number of halogens is 1. The van der Waals surface area contributed by atoms with Crippen LogP contribution in [0.2, 0.25) is 0 Å². The lowest BCUT2D eigenvalue weighted by Crippen LogP contribution is -2.35. The van der Waals surface area contributed by atoms with E-state index >= 15 is 0 Å². The number of rotatable bonds is 8. The van der Waals surface area contributed by atoms with Crippen LogP contribution in [0, 0.1) is 0 Å². The number of nitrogens with zero attached hydrogens (tertiary/aromatic N) is 2. The summed E-state index contributed by atoms with van der Waals surface area (Å²) < 4.78 is 6.72. The molecule has 2 aromatic rings. The summed E-state index contributed by atoms with van der Waals surface area (Å²) in [6.45, 7) is 3.05. The molecule has 0 unspecified atom stereocenters. The predicted molar refractivity (Wildman–Crippen MR) is 99.4 cm³/mol. The molecule has 128 valence electrons. The summed E-state index contributed by atoms with van der Waals surface area (Å²) in [6, 6.07) is 11.5. The third-order valence-corrected chi connectivity index (χ3v) is 4.18. The van der Waals surface area contributed by atoms with Crippen molar-refractivity contribution in [2.45, 2.75) is 19.4 Å². The van der Waals surface area contributed by atoms with E-state index < -0.39 is 0 Å². The number of aromatic nitrogens is 1. The van der Waals surface area contributed by atoms with Crippen LogP contribution < -0.4 is 15.0 Å². The fourth-order valence-corrected chi connectivity index (χ4v) is 2.52. The van der Waals surface area contributed by atoms with Gasteiger partial charge in [-0.15, -0.1) is 0 Å². The smallest absolute Gasteiger partial charge is 0.221 e. The second-order valence-electron chi connectivity index (χ2n) is 5.54. The highest BCUT2D eigenvalue weighted by Crippen LogP contribution is 2.24. The molecule has 6 heteroatoms. The summed E-state index contributed by atoms with van der Waals surface area (Å²) in [6.07, 6.45) is 3.81. The molecule has 0 fully saturated rings. The summed E-state index contributed by atoms with van der Waals surface area (Å²) in [5.74, 6) is 0.787. The zero-order chi connectivity index (χ0) is 17.4. The number of nitrogens with one attached hydrogen (secondary N) is 1. The van der Waals surface area contributed by atoms with E-state index in [2.05, 4.69) is 26.2 Å². The minimum atomic E-state index is -0.106. The number of carbonyl (C=O) groups is 1. The monoisotopic (exact) mass is 391 g/mol. The SMILES string of the molecule is C[C@@H](CNC(=O)CCN(C)c1ccncc1)Oc1ccccc1Br. The third kappa shape index (κ3) is 5.85. The van der Waals surface area contributed by atoms with Crippen LogP contribution in [0.5, 0.6) is 5.75 Å². The lowest BCUT2D eigenvalue weighted by molar-refractivity contribution is -0.121. The lowest BCUT2D eigenvalue weighted by Gasteiger charge is -2.19. The number of amides is 1. The van der Waals surface area contributed by atoms with Crippen LogP contribution in [0.4, 0.5) is 5.69 Å². The molecule has 0 spiro atoms. The molecule has 0 saturated heterocycles. The Balaban J connectivity index is 1.70. The van der Waals surface area contributed by atoms with Crippen LogP contribution in [0.3, 0.4) is 0 Å². The zero-order valence-electron chi connectivity index (χ0n) is 13.9. The average Bonchev–Trinajstić information content (AvgIpc) is 2.60. The molecule has 0 saturated carbocycles. The van der Waals surface area contributed by atoms with E-state index in [1.165, 1.54) is 0 Å². The summed E-state index contributed by atoms with van der Waals surface area (Å²) in [7, 11) is 1.96. The van der Waals surface area contributed by atoms with Crippen molar-refractivity contribution in [2.24, 2.45) is 0 Å². The summed E-state index contributed by atoms with van der Waals surface area (Å²) in [5.41, 5.74) is 1.04. The molecule has 5 nitrogen and oxygen atoms in total. The van der Waals surface area contributed by atoms with Gasteiger partial charge in [0.05, 0.1) is 11.0 Å². The maximum atomic E-state index is 12.0. The Morgan fingerprint density at radius 1 is 1.29 bits per heavy atom. The molecule has 1 heterocycles. The van der Waals surface area contributed by atoms with Crippen LogP contribution >= 0.6 is 15.9 Å². The van der Waals surface area contributed by atoms with Gasteiger partial charge in [-0.25, -0.2) is 0 Å². The standard InChI is InChI=1S/C18H22BrN3O2/c1-14(24-17-6-4-3-5-16(17)19)13-21-18(23)9-12-22(2)15-7-10-20-11-8-15/h3-8,10-11,14H,9,12-13H2,1-2H3,(H,21,23)/t14-/m0/s1. The fourth-order valence-electron chi connectivity index (χ4n) is 2.14. The molecule has 0 aliphatic rings. The topological polar surface area (TPSA) is 54.5 Å². The second-order valence-corrected chi connectivity index (χ2v) is 6.39. The molecule has 1 amide bonds. The number of para-hydroxylation sites is 1. The van der Waals surface area contributed by atoms with Crippen molar-refractivity contribution in [1.29, 1.82) is 0 Å². The van der Waals surface area contributed by atoms with E-state index in [-0.39, 0.29) is 12.0 Å². The van der Waals surface area contributed by atoms with Crippen molar-refractivity contribution >= 4 is 27.5 Å². The van der Waals surface area contributed by atoms with Gasteiger partial charge < -0.3 is 15.0 Å². The number of benzene rings is 1. The van der Waals surface area contributed by atoms with Crippen LogP contribution in [-0.2, 0) is 4.79 Å². The first-order chi connectivity index (χ1) is 11.6. The van der Waals surface area contributed by atoms with Crippen molar-refractivity contribution in [2.75, 3.05) is 25.0 Å². The van der Waals surface area contributed by atoms with E-state index in [9.17, 15) is 4.79 Å². The van der Waals surface area contributed by atoms with E-state index in [1.807, 2.05) is 55.3 Å². The Morgan fingerprint density at radius 2 is 2.00 bits per heavy atom. The van der Waals surface area contributed by atoms with Crippen molar-refractivity contribution in [1.82, 2.24) is 10.3 Å². The van der Waals surface area contributed by atoms with Gasteiger partial charge in [0.1, 0.15) is 11.9 Å². The molecular formula is C18H22BrN3O2. The van der Waals surface area contributed by atoms with Crippen molar-refractivity contribution < 1.29 is 9.53 Å². The molecule has 0 radical (unpaired) electrons. The van der Waals surface area contributed by atoms with E-state index in [1.54, 1.807) is 12.4 Å². The molecule has 1 N–H and O–H groups in total. The second kappa shape index (κ2) is 9.27. The Labute approximate surface area is 151 Å². The van der Waals surface area contributed by atoms with Crippen molar-refractivity contribution in [3.63, 3.8) is 0 Å². The van der Waals surface area contributed by atoms with Gasteiger partial charge in [0.25, 0.3) is 0 Å². The van der Waals surface area contributed by atoms with Gasteiger partial charge in [0.15, 0.2) is 0 Å². The quantitative estimate of drug-likeness (QED) is 0.750. The Kier molecular flexibility index (Phi) is 7.06. The number of hydrogen-bond donors (Lipinski definition) is 1. The Morgan fingerprint density at radius 3 is 2.71 bits per heavy atom. The maximum Gasteiger partial charge on any atom is 0.221 e. The van der Waals surface area contributed by atoms with E-state index in [0.29, 0.717) is 19.5 Å². The largest absolute Gasteiger partial charge is 0.488 e. The highest BCUT2D eigenvalue weighted by atomic mass is 79.9. The minimum absolute atomic E-state index is 0.0125. The molecule has 2 rings (SSSR count). The maximum absolute atomic E-state index is 12.0. The number of anilines is 1. The summed E-state index contributed by atoms with van der Waals surface area (Å²) in [4.78, 5) is 18.0. The average molecular weight is 392 g/mol. The van der Waals surface area contributed by atoms with Gasteiger partial charge in [0.2, 0.25) is 5.91 Å². The van der Waals surface area contributed by atoms with Gasteiger partial charge in [0, 0.05) is 38.1 Å². The van der Waals surface area contributed by atoms with Crippen LogP contribution in [0.1, 0.15) is 13.3 Å². The van der Waals surface area contributed by atoms with Crippen molar-refractivity contribution in [3.05, 3.63) is 53.3 Å². The zero-order valence-corrected chi connectivity index (χ0v) is 15.5. The fraction of sp³-hybridized carbons (Fsp3) is 0.333. The van der Waals surface area contributed by atoms with E-state index in [4.69, 9.17) is 4.74 Å². The molecule has 0 aliphatic carbocycles. The van der Waals surface area contributed by atoms with Gasteiger partial charge in [-0.1, -0.05) is 12.1 Å². The summed E-state index contributed by atoms with van der Waals surface area (Å²) in [5, 5.41) is 2.91. The van der Waals surface area contributed by atoms with Crippen LogP contribution in [0.25, 0.3) is 0 Å². The molecule has 1 aromatic carbocycles. The first-order valence-corrected chi connectivity index (χ1v) is 8.64. The van der Waals surface area contributed by atoms with Gasteiger partial charge in [-0.05, 0) is 47.1 Å². The lowest BCUT2D eigenvalue weighted by atomic mass is 10.3. The highest BCUT2D eigenvalue weighted by Gasteiger charge is 2.10. The normalized spacial score (nSPS) is 11.6. The van der Waals surface area contributed by atoms with E-state index in [0.717, 1.165) is 15.9 Å². The van der Waals surface area contributed by atoms with Crippen LogP contribution in [-0.4, -0.2) is 37.1 Å². The van der Waals surface area contributed by atoms with Gasteiger partial charge in [-0.2, -0.15) is 0 Å². The van der Waals surface area contributed by atoms with Crippen LogP contribution in [0.15, 0.2) is 53.3 Å². The van der Waals surface area contributed by atoms with Gasteiger partial charge >= 0.3 is 0 Å². The molecule has 24 heavy (non-hydrogen) atoms. The number of ether oxygens (including phenoxy) is 1. The highest BCUT2D eigenvalue weighted by molar-refractivity contribution is 9.10. The number of pyridine rings is 1. The molecule has 1 atom stereocenters. The Bertz CT molecular complexity index is 652. The first kappa shape index (κ1) is 18.3. The molecule has 1 aromatic heterocycles. The third-order valence-electron chi connectivity index (χ3n) is 3.53. The number of carbonyl (C=O) groups excluding carboxylic acids is 1. The molecule has 0 bridgehead atoms. The Hall–Kier alpha value is -2.08. The number of hydrogen-bond acceptors (Lipinski definition) is 4. The molecular weight excluding hydrogens is 370 g/mol. The molecule has 0 aliphatic heterocycles. The minimum Gasteiger partial charge on any atom is -0.488 e.